The van der Waals surface area contributed by atoms with Crippen LogP contribution in [0.15, 0.2) is 23.7 Å². The van der Waals surface area contributed by atoms with Crippen LogP contribution in [0.1, 0.15) is 26.7 Å². The van der Waals surface area contributed by atoms with Crippen molar-refractivity contribution in [1.29, 1.82) is 0 Å². The predicted molar refractivity (Wildman–Crippen MR) is 46.2 cm³/mol. The molecule has 0 aromatic rings. The summed E-state index contributed by atoms with van der Waals surface area (Å²) in [5.74, 6) is 2.30. The number of hydrogen-bond acceptors (Lipinski definition) is 2. The standard InChI is InChI=1S/C10H14O2/c1-7(2)10-11-8-5-3-4-6-9(8)12-10/h5-7,10H,3-4H2,1-2H3. The molecule has 12 heavy (non-hydrogen) atoms. The number of ether oxygens (including phenoxy) is 2. The average molecular weight is 166 g/mol. The normalized spacial score (nSPS) is 22.6. The molecule has 0 saturated carbocycles. The summed E-state index contributed by atoms with van der Waals surface area (Å²) in [6.07, 6.45) is 6.30. The molecule has 0 amide bonds. The third-order valence-electron chi connectivity index (χ3n) is 2.10. The lowest BCUT2D eigenvalue weighted by molar-refractivity contribution is -0.0513. The summed E-state index contributed by atoms with van der Waals surface area (Å²) in [5.41, 5.74) is 0. The zero-order valence-electron chi connectivity index (χ0n) is 7.54. The van der Waals surface area contributed by atoms with Crippen molar-refractivity contribution in [2.24, 2.45) is 5.92 Å². The highest BCUT2D eigenvalue weighted by Gasteiger charge is 2.29. The van der Waals surface area contributed by atoms with Crippen LogP contribution in [-0.2, 0) is 9.47 Å². The molecule has 0 spiro atoms. The van der Waals surface area contributed by atoms with Gasteiger partial charge >= 0.3 is 0 Å². The van der Waals surface area contributed by atoms with Crippen LogP contribution >= 0.6 is 0 Å². The zero-order chi connectivity index (χ0) is 8.55. The molecule has 2 aliphatic rings. The Labute approximate surface area is 72.9 Å². The van der Waals surface area contributed by atoms with Crippen molar-refractivity contribution in [2.75, 3.05) is 0 Å². The van der Waals surface area contributed by atoms with Crippen LogP contribution in [0.2, 0.25) is 0 Å². The fraction of sp³-hybridized carbons (Fsp3) is 0.600. The third-order valence-corrected chi connectivity index (χ3v) is 2.10. The first-order valence-corrected chi connectivity index (χ1v) is 4.51. The Morgan fingerprint density at radius 2 is 1.67 bits per heavy atom. The lowest BCUT2D eigenvalue weighted by atomic mass is 10.1. The van der Waals surface area contributed by atoms with Gasteiger partial charge < -0.3 is 9.47 Å². The molecule has 1 fully saturated rings. The van der Waals surface area contributed by atoms with Gasteiger partial charge in [-0.15, -0.1) is 0 Å². The third kappa shape index (κ3) is 1.22. The van der Waals surface area contributed by atoms with E-state index in [-0.39, 0.29) is 6.29 Å². The van der Waals surface area contributed by atoms with Gasteiger partial charge in [-0.05, 0) is 25.0 Å². The van der Waals surface area contributed by atoms with E-state index >= 15 is 0 Å². The first-order valence-electron chi connectivity index (χ1n) is 4.51. The van der Waals surface area contributed by atoms with Crippen LogP contribution in [0.4, 0.5) is 0 Å². The van der Waals surface area contributed by atoms with Crippen LogP contribution in [0.25, 0.3) is 0 Å². The molecule has 0 aromatic carbocycles. The van der Waals surface area contributed by atoms with E-state index < -0.39 is 0 Å². The van der Waals surface area contributed by atoms with Gasteiger partial charge in [0.25, 0.3) is 0 Å². The van der Waals surface area contributed by atoms with Crippen molar-refractivity contribution in [3.05, 3.63) is 23.7 Å². The molecule has 1 saturated heterocycles. The molecule has 2 heteroatoms. The van der Waals surface area contributed by atoms with Crippen LogP contribution in [0.5, 0.6) is 0 Å². The van der Waals surface area contributed by atoms with E-state index in [1.165, 1.54) is 0 Å². The van der Waals surface area contributed by atoms with E-state index in [4.69, 9.17) is 9.47 Å². The van der Waals surface area contributed by atoms with Gasteiger partial charge in [0.2, 0.25) is 6.29 Å². The van der Waals surface area contributed by atoms with E-state index in [2.05, 4.69) is 26.0 Å². The molecule has 66 valence electrons. The second kappa shape index (κ2) is 2.85. The Kier molecular flexibility index (Phi) is 1.83. The van der Waals surface area contributed by atoms with Crippen LogP contribution < -0.4 is 0 Å². The zero-order valence-corrected chi connectivity index (χ0v) is 7.54. The largest absolute Gasteiger partial charge is 0.451 e. The SMILES string of the molecule is CC(C)C1OC2=CCCC=C2O1. The van der Waals surface area contributed by atoms with Gasteiger partial charge in [-0.2, -0.15) is 0 Å². The summed E-state index contributed by atoms with van der Waals surface area (Å²) < 4.78 is 11.2. The maximum absolute atomic E-state index is 5.60. The summed E-state index contributed by atoms with van der Waals surface area (Å²) in [5, 5.41) is 0. The molecule has 0 radical (unpaired) electrons. The molecule has 2 rings (SSSR count). The second-order valence-corrected chi connectivity index (χ2v) is 3.56. The number of fused-ring (bicyclic) bond motifs is 1. The lowest BCUT2D eigenvalue weighted by Crippen LogP contribution is -2.14. The van der Waals surface area contributed by atoms with Crippen molar-refractivity contribution in [2.45, 2.75) is 33.0 Å². The van der Waals surface area contributed by atoms with Gasteiger partial charge in [0.15, 0.2) is 11.5 Å². The highest BCUT2D eigenvalue weighted by molar-refractivity contribution is 5.26. The van der Waals surface area contributed by atoms with Gasteiger partial charge in [0.1, 0.15) is 0 Å². The summed E-state index contributed by atoms with van der Waals surface area (Å²) in [6, 6.07) is 0. The fourth-order valence-corrected chi connectivity index (χ4v) is 1.39. The van der Waals surface area contributed by atoms with Crippen molar-refractivity contribution in [3.8, 4) is 0 Å². The van der Waals surface area contributed by atoms with Crippen LogP contribution in [0, 0.1) is 5.92 Å². The molecular weight excluding hydrogens is 152 g/mol. The Morgan fingerprint density at radius 1 is 1.17 bits per heavy atom. The van der Waals surface area contributed by atoms with Crippen molar-refractivity contribution in [1.82, 2.24) is 0 Å². The number of hydrogen-bond donors (Lipinski definition) is 0. The topological polar surface area (TPSA) is 18.5 Å². The maximum Gasteiger partial charge on any atom is 0.243 e. The summed E-state index contributed by atoms with van der Waals surface area (Å²) in [7, 11) is 0. The van der Waals surface area contributed by atoms with Gasteiger partial charge in [-0.25, -0.2) is 0 Å². The van der Waals surface area contributed by atoms with E-state index in [0.717, 1.165) is 24.4 Å². The first-order chi connectivity index (χ1) is 5.77. The monoisotopic (exact) mass is 166 g/mol. The highest BCUT2D eigenvalue weighted by atomic mass is 16.7. The Balaban J connectivity index is 2.13. The molecule has 1 aliphatic carbocycles. The van der Waals surface area contributed by atoms with Gasteiger partial charge in [0, 0.05) is 5.92 Å². The molecular formula is C10H14O2. The van der Waals surface area contributed by atoms with Crippen molar-refractivity contribution in [3.63, 3.8) is 0 Å². The summed E-state index contributed by atoms with van der Waals surface area (Å²) in [4.78, 5) is 0. The Morgan fingerprint density at radius 3 is 2.08 bits per heavy atom. The van der Waals surface area contributed by atoms with E-state index in [1.807, 2.05) is 0 Å². The lowest BCUT2D eigenvalue weighted by Gasteiger charge is -2.11. The molecule has 0 aromatic heterocycles. The van der Waals surface area contributed by atoms with Gasteiger partial charge in [-0.1, -0.05) is 13.8 Å². The fourth-order valence-electron chi connectivity index (χ4n) is 1.39. The molecule has 2 nitrogen and oxygen atoms in total. The minimum absolute atomic E-state index is 0.0689. The van der Waals surface area contributed by atoms with Gasteiger partial charge in [0.05, 0.1) is 0 Å². The predicted octanol–water partition coefficient (Wildman–Crippen LogP) is 2.58. The van der Waals surface area contributed by atoms with Crippen LogP contribution in [0.3, 0.4) is 0 Å². The Bertz CT molecular complexity index is 216. The average Bonchev–Trinajstić information content (AvgIpc) is 2.46. The molecule has 0 bridgehead atoms. The second-order valence-electron chi connectivity index (χ2n) is 3.56. The number of allylic oxidation sites excluding steroid dienone is 2. The smallest absolute Gasteiger partial charge is 0.243 e. The minimum Gasteiger partial charge on any atom is -0.451 e. The number of rotatable bonds is 1. The van der Waals surface area contributed by atoms with E-state index in [1.54, 1.807) is 0 Å². The Hall–Kier alpha value is -0.920. The molecule has 0 atom stereocenters. The molecule has 1 heterocycles. The minimum atomic E-state index is -0.0689. The molecule has 1 aliphatic heterocycles. The summed E-state index contributed by atoms with van der Waals surface area (Å²) in [6.45, 7) is 4.20. The maximum atomic E-state index is 5.60. The molecule has 0 unspecified atom stereocenters. The summed E-state index contributed by atoms with van der Waals surface area (Å²) >= 11 is 0. The highest BCUT2D eigenvalue weighted by Crippen LogP contribution is 2.33. The van der Waals surface area contributed by atoms with Gasteiger partial charge in [-0.3, -0.25) is 0 Å². The van der Waals surface area contributed by atoms with E-state index in [9.17, 15) is 0 Å². The van der Waals surface area contributed by atoms with E-state index in [0.29, 0.717) is 5.92 Å². The first kappa shape index (κ1) is 7.71. The molecule has 0 N–H and O–H groups in total. The quantitative estimate of drug-likeness (QED) is 0.596. The van der Waals surface area contributed by atoms with Crippen molar-refractivity contribution >= 4 is 0 Å². The van der Waals surface area contributed by atoms with Crippen LogP contribution in [-0.4, -0.2) is 6.29 Å². The van der Waals surface area contributed by atoms with Crippen molar-refractivity contribution < 1.29 is 9.47 Å².